The molecular weight excluding hydrogens is 262 g/mol. The molecule has 1 N–H and O–H groups in total. The van der Waals surface area contributed by atoms with Crippen molar-refractivity contribution < 1.29 is 4.42 Å². The third kappa shape index (κ3) is 3.97. The van der Waals surface area contributed by atoms with Crippen molar-refractivity contribution >= 4 is 0 Å². The molecule has 0 aliphatic rings. The average molecular weight is 289 g/mol. The molecule has 0 saturated carbocycles. The third-order valence-electron chi connectivity index (χ3n) is 3.95. The summed E-state index contributed by atoms with van der Waals surface area (Å²) in [6.45, 7) is 9.43. The van der Waals surface area contributed by atoms with Crippen molar-refractivity contribution in [3.8, 4) is 0 Å². The Morgan fingerprint density at radius 2 is 1.95 bits per heavy atom. The fourth-order valence-electron chi connectivity index (χ4n) is 2.72. The summed E-state index contributed by atoms with van der Waals surface area (Å²) in [5.74, 6) is 1.95. The van der Waals surface area contributed by atoms with Gasteiger partial charge in [0.2, 0.25) is 0 Å². The zero-order valence-electron chi connectivity index (χ0n) is 13.6. The van der Waals surface area contributed by atoms with E-state index in [4.69, 9.17) is 9.52 Å². The SMILES string of the molecule is CCNC(Cc1ccn(C(CC)CC)n1)c1ccc(C)o1. The van der Waals surface area contributed by atoms with Gasteiger partial charge in [-0.1, -0.05) is 20.8 Å². The topological polar surface area (TPSA) is 43.0 Å². The molecule has 2 aromatic heterocycles. The van der Waals surface area contributed by atoms with E-state index in [-0.39, 0.29) is 6.04 Å². The highest BCUT2D eigenvalue weighted by atomic mass is 16.3. The van der Waals surface area contributed by atoms with Crippen LogP contribution in [0.4, 0.5) is 0 Å². The second kappa shape index (κ2) is 7.46. The van der Waals surface area contributed by atoms with Crippen LogP contribution < -0.4 is 5.32 Å². The fourth-order valence-corrected chi connectivity index (χ4v) is 2.72. The molecule has 2 rings (SSSR count). The van der Waals surface area contributed by atoms with Crippen LogP contribution in [0.2, 0.25) is 0 Å². The zero-order valence-corrected chi connectivity index (χ0v) is 13.6. The second-order valence-electron chi connectivity index (χ2n) is 5.52. The highest BCUT2D eigenvalue weighted by Gasteiger charge is 2.17. The molecule has 0 bridgehead atoms. The summed E-state index contributed by atoms with van der Waals surface area (Å²) >= 11 is 0. The highest BCUT2D eigenvalue weighted by Crippen LogP contribution is 2.21. The predicted molar refractivity (Wildman–Crippen MR) is 85.4 cm³/mol. The van der Waals surface area contributed by atoms with Gasteiger partial charge < -0.3 is 9.73 Å². The van der Waals surface area contributed by atoms with Crippen LogP contribution >= 0.6 is 0 Å². The first-order valence-corrected chi connectivity index (χ1v) is 8.01. The van der Waals surface area contributed by atoms with E-state index < -0.39 is 0 Å². The number of hydrogen-bond donors (Lipinski definition) is 1. The minimum atomic E-state index is 0.189. The molecule has 4 nitrogen and oxygen atoms in total. The van der Waals surface area contributed by atoms with Crippen LogP contribution in [0.5, 0.6) is 0 Å². The Bertz CT molecular complexity index is 540. The predicted octanol–water partition coefficient (Wildman–Crippen LogP) is 4.04. The summed E-state index contributed by atoms with van der Waals surface area (Å²) in [4.78, 5) is 0. The van der Waals surface area contributed by atoms with Crippen molar-refractivity contribution in [3.05, 3.63) is 41.6 Å². The Morgan fingerprint density at radius 3 is 2.52 bits per heavy atom. The van der Waals surface area contributed by atoms with Crippen LogP contribution in [0, 0.1) is 6.92 Å². The van der Waals surface area contributed by atoms with Gasteiger partial charge in [0.1, 0.15) is 11.5 Å². The van der Waals surface area contributed by atoms with Crippen molar-refractivity contribution in [2.24, 2.45) is 0 Å². The standard InChI is InChI=1S/C17H27N3O/c1-5-15(6-2)20-11-10-14(19-20)12-16(18-7-3)17-9-8-13(4)21-17/h8-11,15-16,18H,5-7,12H2,1-4H3. The molecule has 0 radical (unpaired) electrons. The second-order valence-corrected chi connectivity index (χ2v) is 5.52. The maximum Gasteiger partial charge on any atom is 0.121 e. The first-order chi connectivity index (χ1) is 10.2. The minimum absolute atomic E-state index is 0.189. The summed E-state index contributed by atoms with van der Waals surface area (Å²) in [6.07, 6.45) is 5.19. The number of hydrogen-bond acceptors (Lipinski definition) is 3. The van der Waals surface area contributed by atoms with Gasteiger partial charge in [-0.2, -0.15) is 5.10 Å². The number of furan rings is 1. The highest BCUT2D eigenvalue weighted by molar-refractivity contribution is 5.13. The van der Waals surface area contributed by atoms with Crippen LogP contribution in [-0.2, 0) is 6.42 Å². The van der Waals surface area contributed by atoms with E-state index in [0.717, 1.165) is 43.0 Å². The first-order valence-electron chi connectivity index (χ1n) is 8.01. The monoisotopic (exact) mass is 289 g/mol. The molecule has 1 atom stereocenters. The lowest BCUT2D eigenvalue weighted by atomic mass is 10.1. The van der Waals surface area contributed by atoms with Crippen LogP contribution in [0.15, 0.2) is 28.8 Å². The average Bonchev–Trinajstić information content (AvgIpc) is 3.09. The van der Waals surface area contributed by atoms with Crippen LogP contribution in [0.25, 0.3) is 0 Å². The summed E-state index contributed by atoms with van der Waals surface area (Å²) in [5.41, 5.74) is 1.11. The van der Waals surface area contributed by atoms with Gasteiger partial charge in [-0.05, 0) is 44.5 Å². The van der Waals surface area contributed by atoms with E-state index in [9.17, 15) is 0 Å². The molecule has 0 aliphatic carbocycles. The van der Waals surface area contributed by atoms with Crippen LogP contribution in [0.3, 0.4) is 0 Å². The molecule has 4 heteroatoms. The lowest BCUT2D eigenvalue weighted by molar-refractivity contribution is 0.394. The van der Waals surface area contributed by atoms with E-state index in [0.29, 0.717) is 6.04 Å². The Morgan fingerprint density at radius 1 is 1.19 bits per heavy atom. The minimum Gasteiger partial charge on any atom is -0.465 e. The Labute approximate surface area is 127 Å². The zero-order chi connectivity index (χ0) is 15.2. The van der Waals surface area contributed by atoms with Gasteiger partial charge in [0.05, 0.1) is 17.8 Å². The molecule has 0 spiro atoms. The van der Waals surface area contributed by atoms with Crippen molar-refractivity contribution in [1.82, 2.24) is 15.1 Å². The number of nitrogens with zero attached hydrogens (tertiary/aromatic N) is 2. The largest absolute Gasteiger partial charge is 0.465 e. The molecule has 0 saturated heterocycles. The van der Waals surface area contributed by atoms with Crippen molar-refractivity contribution in [1.29, 1.82) is 0 Å². The Hall–Kier alpha value is -1.55. The number of aromatic nitrogens is 2. The maximum absolute atomic E-state index is 5.77. The molecule has 2 aromatic rings. The fraction of sp³-hybridized carbons (Fsp3) is 0.588. The maximum atomic E-state index is 5.77. The van der Waals surface area contributed by atoms with E-state index in [2.05, 4.69) is 49.1 Å². The van der Waals surface area contributed by atoms with E-state index in [1.165, 1.54) is 0 Å². The van der Waals surface area contributed by atoms with E-state index in [1.54, 1.807) is 0 Å². The number of nitrogens with one attached hydrogen (secondary N) is 1. The van der Waals surface area contributed by atoms with E-state index in [1.807, 2.05) is 13.0 Å². The van der Waals surface area contributed by atoms with Crippen molar-refractivity contribution in [3.63, 3.8) is 0 Å². The Balaban J connectivity index is 2.10. The summed E-state index contributed by atoms with van der Waals surface area (Å²) in [7, 11) is 0. The van der Waals surface area contributed by atoms with Crippen molar-refractivity contribution in [2.75, 3.05) is 6.54 Å². The molecule has 0 aromatic carbocycles. The molecule has 21 heavy (non-hydrogen) atoms. The molecule has 0 aliphatic heterocycles. The molecule has 1 unspecified atom stereocenters. The third-order valence-corrected chi connectivity index (χ3v) is 3.95. The lowest BCUT2D eigenvalue weighted by Gasteiger charge is -2.15. The Kier molecular flexibility index (Phi) is 5.62. The number of likely N-dealkylation sites (N-methyl/N-ethyl adjacent to an activating group) is 1. The van der Waals surface area contributed by atoms with Gasteiger partial charge in [-0.15, -0.1) is 0 Å². The smallest absolute Gasteiger partial charge is 0.121 e. The lowest BCUT2D eigenvalue weighted by Crippen LogP contribution is -2.22. The van der Waals surface area contributed by atoms with Crippen LogP contribution in [0.1, 0.15) is 62.9 Å². The molecule has 116 valence electrons. The molecule has 0 amide bonds. The molecular formula is C17H27N3O. The molecule has 2 heterocycles. The van der Waals surface area contributed by atoms with E-state index >= 15 is 0 Å². The summed E-state index contributed by atoms with van der Waals surface area (Å²) < 4.78 is 7.87. The van der Waals surface area contributed by atoms with Gasteiger partial charge in [-0.3, -0.25) is 4.68 Å². The number of aryl methyl sites for hydroxylation is 1. The van der Waals surface area contributed by atoms with Gasteiger partial charge in [0.15, 0.2) is 0 Å². The first kappa shape index (κ1) is 15.8. The molecule has 0 fully saturated rings. The van der Waals surface area contributed by atoms with Gasteiger partial charge in [0, 0.05) is 12.6 Å². The number of rotatable bonds is 8. The van der Waals surface area contributed by atoms with Crippen LogP contribution in [-0.4, -0.2) is 16.3 Å². The summed E-state index contributed by atoms with van der Waals surface area (Å²) in [5, 5.41) is 8.23. The van der Waals surface area contributed by atoms with Gasteiger partial charge in [0.25, 0.3) is 0 Å². The van der Waals surface area contributed by atoms with Gasteiger partial charge >= 0.3 is 0 Å². The quantitative estimate of drug-likeness (QED) is 0.797. The van der Waals surface area contributed by atoms with Gasteiger partial charge in [-0.25, -0.2) is 0 Å². The normalized spacial score (nSPS) is 13.0. The van der Waals surface area contributed by atoms with Crippen molar-refractivity contribution in [2.45, 2.75) is 59.0 Å². The summed E-state index contributed by atoms with van der Waals surface area (Å²) in [6, 6.07) is 6.89.